The van der Waals surface area contributed by atoms with Gasteiger partial charge in [-0.1, -0.05) is 6.07 Å². The number of hydrogen-bond acceptors (Lipinski definition) is 3. The van der Waals surface area contributed by atoms with Crippen LogP contribution in [0.15, 0.2) is 24.4 Å². The van der Waals surface area contributed by atoms with E-state index in [-0.39, 0.29) is 5.69 Å². The summed E-state index contributed by atoms with van der Waals surface area (Å²) in [6.45, 7) is 3.79. The summed E-state index contributed by atoms with van der Waals surface area (Å²) >= 11 is 0. The number of aromatic amines is 1. The minimum absolute atomic E-state index is 0.0784. The number of aromatic nitrogens is 2. The van der Waals surface area contributed by atoms with E-state index in [1.807, 2.05) is 13.8 Å². The molecule has 1 aromatic carbocycles. The van der Waals surface area contributed by atoms with Gasteiger partial charge in [0, 0.05) is 29.6 Å². The normalized spacial score (nSPS) is 10.4. The molecule has 0 bridgehead atoms. The molecule has 0 radical (unpaired) electrons. The number of nitro benzene ring substituents is 1. The van der Waals surface area contributed by atoms with Gasteiger partial charge in [0.2, 0.25) is 0 Å². The Kier molecular flexibility index (Phi) is 2.44. The Morgan fingerprint density at radius 3 is 2.69 bits per heavy atom. The Hall–Kier alpha value is -2.17. The molecule has 5 heteroatoms. The second kappa shape index (κ2) is 3.77. The Morgan fingerprint density at radius 2 is 2.12 bits per heavy atom. The Labute approximate surface area is 92.3 Å². The van der Waals surface area contributed by atoms with Crippen LogP contribution in [0.25, 0.3) is 11.4 Å². The van der Waals surface area contributed by atoms with Crippen LogP contribution in [-0.2, 0) is 0 Å². The molecule has 0 atom stereocenters. The van der Waals surface area contributed by atoms with E-state index in [2.05, 4.69) is 9.97 Å². The number of hydrogen-bond donors (Lipinski definition) is 1. The molecule has 1 heterocycles. The SMILES string of the molecule is Cc1cnc(-c2cc([N+](=O)[O-])ccc2C)[nH]1. The number of nitro groups is 1. The van der Waals surface area contributed by atoms with Gasteiger partial charge in [0.15, 0.2) is 0 Å². The lowest BCUT2D eigenvalue weighted by Crippen LogP contribution is -1.91. The number of imidazole rings is 1. The molecule has 1 N–H and O–H groups in total. The molecule has 0 saturated heterocycles. The van der Waals surface area contributed by atoms with E-state index in [4.69, 9.17) is 0 Å². The molecule has 0 aliphatic carbocycles. The van der Waals surface area contributed by atoms with Crippen LogP contribution in [0, 0.1) is 24.0 Å². The smallest absolute Gasteiger partial charge is 0.270 e. The van der Waals surface area contributed by atoms with E-state index in [9.17, 15) is 10.1 Å². The van der Waals surface area contributed by atoms with Crippen LogP contribution in [0.1, 0.15) is 11.3 Å². The number of nitrogens with zero attached hydrogens (tertiary/aromatic N) is 2. The van der Waals surface area contributed by atoms with Crippen molar-refractivity contribution in [3.05, 3.63) is 45.8 Å². The molecule has 0 saturated carbocycles. The molecule has 0 unspecified atom stereocenters. The average molecular weight is 217 g/mol. The van der Waals surface area contributed by atoms with Crippen molar-refractivity contribution in [2.45, 2.75) is 13.8 Å². The molecule has 2 aromatic rings. The van der Waals surface area contributed by atoms with Crippen molar-refractivity contribution in [3.8, 4) is 11.4 Å². The molecule has 1 aromatic heterocycles. The van der Waals surface area contributed by atoms with Crippen molar-refractivity contribution in [1.82, 2.24) is 9.97 Å². The summed E-state index contributed by atoms with van der Waals surface area (Å²) < 4.78 is 0. The van der Waals surface area contributed by atoms with Crippen LogP contribution in [0.2, 0.25) is 0 Å². The standard InChI is InChI=1S/C11H11N3O2/c1-7-3-4-9(14(15)16)5-10(7)11-12-6-8(2)13-11/h3-6H,1-2H3,(H,12,13). The highest BCUT2D eigenvalue weighted by Crippen LogP contribution is 2.25. The van der Waals surface area contributed by atoms with Gasteiger partial charge in [-0.05, 0) is 19.4 Å². The van der Waals surface area contributed by atoms with E-state index in [0.29, 0.717) is 5.82 Å². The molecule has 2 rings (SSSR count). The summed E-state index contributed by atoms with van der Waals surface area (Å²) in [5.41, 5.74) is 2.73. The fourth-order valence-corrected chi connectivity index (χ4v) is 1.53. The van der Waals surface area contributed by atoms with Crippen molar-refractivity contribution in [2.75, 3.05) is 0 Å². The van der Waals surface area contributed by atoms with Gasteiger partial charge in [-0.2, -0.15) is 0 Å². The molecule has 0 spiro atoms. The minimum atomic E-state index is -0.404. The van der Waals surface area contributed by atoms with Gasteiger partial charge in [-0.3, -0.25) is 10.1 Å². The third-order valence-corrected chi connectivity index (χ3v) is 2.39. The highest BCUT2D eigenvalue weighted by molar-refractivity contribution is 5.63. The maximum atomic E-state index is 10.7. The largest absolute Gasteiger partial charge is 0.342 e. The summed E-state index contributed by atoms with van der Waals surface area (Å²) in [5, 5.41) is 10.7. The Bertz CT molecular complexity index is 546. The van der Waals surface area contributed by atoms with Crippen molar-refractivity contribution < 1.29 is 4.92 Å². The zero-order valence-corrected chi connectivity index (χ0v) is 9.02. The molecular weight excluding hydrogens is 206 g/mol. The molecule has 0 fully saturated rings. The van der Waals surface area contributed by atoms with Gasteiger partial charge in [0.1, 0.15) is 5.82 Å². The molecule has 0 aliphatic rings. The Morgan fingerprint density at radius 1 is 1.38 bits per heavy atom. The summed E-state index contributed by atoms with van der Waals surface area (Å²) in [4.78, 5) is 17.5. The summed E-state index contributed by atoms with van der Waals surface area (Å²) in [5.74, 6) is 0.665. The topological polar surface area (TPSA) is 71.8 Å². The lowest BCUT2D eigenvalue weighted by molar-refractivity contribution is -0.384. The molecular formula is C11H11N3O2. The fourth-order valence-electron chi connectivity index (χ4n) is 1.53. The number of aryl methyl sites for hydroxylation is 2. The summed E-state index contributed by atoms with van der Waals surface area (Å²) in [7, 11) is 0. The summed E-state index contributed by atoms with van der Waals surface area (Å²) in [6, 6.07) is 4.76. The lowest BCUT2D eigenvalue weighted by atomic mass is 10.1. The van der Waals surface area contributed by atoms with Gasteiger partial charge in [-0.15, -0.1) is 0 Å². The number of H-pyrrole nitrogens is 1. The minimum Gasteiger partial charge on any atom is -0.342 e. The third-order valence-electron chi connectivity index (χ3n) is 2.39. The first-order valence-corrected chi connectivity index (χ1v) is 4.85. The average Bonchev–Trinajstić information content (AvgIpc) is 2.65. The maximum Gasteiger partial charge on any atom is 0.270 e. The fraction of sp³-hybridized carbons (Fsp3) is 0.182. The van der Waals surface area contributed by atoms with Crippen LogP contribution in [0.4, 0.5) is 5.69 Å². The van der Waals surface area contributed by atoms with Crippen LogP contribution >= 0.6 is 0 Å². The van der Waals surface area contributed by atoms with Crippen molar-refractivity contribution in [3.63, 3.8) is 0 Å². The van der Waals surface area contributed by atoms with E-state index >= 15 is 0 Å². The van der Waals surface area contributed by atoms with Crippen LogP contribution in [0.3, 0.4) is 0 Å². The van der Waals surface area contributed by atoms with Gasteiger partial charge < -0.3 is 4.98 Å². The monoisotopic (exact) mass is 217 g/mol. The molecule has 0 amide bonds. The van der Waals surface area contributed by atoms with Gasteiger partial charge in [-0.25, -0.2) is 4.98 Å². The van der Waals surface area contributed by atoms with E-state index in [1.165, 1.54) is 12.1 Å². The zero-order valence-electron chi connectivity index (χ0n) is 9.02. The van der Waals surface area contributed by atoms with Crippen molar-refractivity contribution in [1.29, 1.82) is 0 Å². The second-order valence-electron chi connectivity index (χ2n) is 3.67. The molecule has 0 aliphatic heterocycles. The molecule has 5 nitrogen and oxygen atoms in total. The van der Waals surface area contributed by atoms with Gasteiger partial charge in [0.05, 0.1) is 4.92 Å². The zero-order chi connectivity index (χ0) is 11.7. The Balaban J connectivity index is 2.55. The maximum absolute atomic E-state index is 10.7. The highest BCUT2D eigenvalue weighted by Gasteiger charge is 2.11. The first kappa shape index (κ1) is 10.4. The summed E-state index contributed by atoms with van der Waals surface area (Å²) in [6.07, 6.45) is 1.70. The van der Waals surface area contributed by atoms with Gasteiger partial charge in [0.25, 0.3) is 5.69 Å². The predicted octanol–water partition coefficient (Wildman–Crippen LogP) is 2.60. The van der Waals surface area contributed by atoms with E-state index in [1.54, 1.807) is 12.3 Å². The van der Waals surface area contributed by atoms with Crippen molar-refractivity contribution >= 4 is 5.69 Å². The molecule has 82 valence electrons. The molecule has 16 heavy (non-hydrogen) atoms. The number of benzene rings is 1. The first-order valence-electron chi connectivity index (χ1n) is 4.85. The number of non-ortho nitro benzene ring substituents is 1. The van der Waals surface area contributed by atoms with E-state index < -0.39 is 4.92 Å². The highest BCUT2D eigenvalue weighted by atomic mass is 16.6. The first-order chi connectivity index (χ1) is 7.58. The number of rotatable bonds is 2. The van der Waals surface area contributed by atoms with Crippen molar-refractivity contribution in [2.24, 2.45) is 0 Å². The van der Waals surface area contributed by atoms with Crippen LogP contribution < -0.4 is 0 Å². The van der Waals surface area contributed by atoms with Crippen LogP contribution in [0.5, 0.6) is 0 Å². The predicted molar refractivity (Wildman–Crippen MR) is 60.2 cm³/mol. The van der Waals surface area contributed by atoms with Gasteiger partial charge >= 0.3 is 0 Å². The van der Waals surface area contributed by atoms with Crippen LogP contribution in [-0.4, -0.2) is 14.9 Å². The quantitative estimate of drug-likeness (QED) is 0.620. The third kappa shape index (κ3) is 1.79. The van der Waals surface area contributed by atoms with E-state index in [0.717, 1.165) is 16.8 Å². The lowest BCUT2D eigenvalue weighted by Gasteiger charge is -2.02. The number of nitrogens with one attached hydrogen (secondary N) is 1. The second-order valence-corrected chi connectivity index (χ2v) is 3.67.